The van der Waals surface area contributed by atoms with Crippen LogP contribution in [0, 0.1) is 5.92 Å². The summed E-state index contributed by atoms with van der Waals surface area (Å²) in [6.07, 6.45) is 2.22. The van der Waals surface area contributed by atoms with Crippen molar-refractivity contribution in [2.75, 3.05) is 24.5 Å². The van der Waals surface area contributed by atoms with Crippen molar-refractivity contribution in [3.05, 3.63) is 22.2 Å². The van der Waals surface area contributed by atoms with Crippen molar-refractivity contribution in [3.8, 4) is 0 Å². The Hall–Kier alpha value is -1.45. The van der Waals surface area contributed by atoms with Crippen molar-refractivity contribution in [1.82, 2.24) is 9.62 Å². The maximum atomic E-state index is 13.6. The van der Waals surface area contributed by atoms with Crippen molar-refractivity contribution in [2.24, 2.45) is 5.92 Å². The molecule has 30 heavy (non-hydrogen) atoms. The van der Waals surface area contributed by atoms with Gasteiger partial charge < -0.3 is 10.2 Å². The molecular weight excluding hydrogens is 470 g/mol. The third-order valence-electron chi connectivity index (χ3n) is 5.47. The number of anilines is 1. The van der Waals surface area contributed by atoms with E-state index in [0.29, 0.717) is 48.9 Å². The van der Waals surface area contributed by atoms with E-state index in [-0.39, 0.29) is 34.7 Å². The van der Waals surface area contributed by atoms with Crippen molar-refractivity contribution in [1.29, 1.82) is 0 Å². The molecule has 2 aliphatic rings. The van der Waals surface area contributed by atoms with E-state index in [1.807, 2.05) is 26.8 Å². The van der Waals surface area contributed by atoms with Crippen LogP contribution in [-0.4, -0.2) is 49.7 Å². The van der Waals surface area contributed by atoms with Crippen LogP contribution in [0.2, 0.25) is 0 Å². The van der Waals surface area contributed by atoms with E-state index in [9.17, 15) is 18.0 Å². The first kappa shape index (κ1) is 23.2. The quantitative estimate of drug-likeness (QED) is 0.689. The van der Waals surface area contributed by atoms with Gasteiger partial charge in [0, 0.05) is 36.1 Å². The molecule has 166 valence electrons. The summed E-state index contributed by atoms with van der Waals surface area (Å²) >= 11 is 3.42. The molecule has 0 unspecified atom stereocenters. The van der Waals surface area contributed by atoms with Crippen LogP contribution >= 0.6 is 15.9 Å². The van der Waals surface area contributed by atoms with Crippen LogP contribution in [0.4, 0.5) is 5.69 Å². The number of carbonyl (C=O) groups excluding carboxylic acids is 2. The predicted octanol–water partition coefficient (Wildman–Crippen LogP) is 3.06. The van der Waals surface area contributed by atoms with Gasteiger partial charge in [-0.15, -0.1) is 0 Å². The minimum absolute atomic E-state index is 0.0893. The van der Waals surface area contributed by atoms with Gasteiger partial charge in [0.25, 0.3) is 0 Å². The molecule has 0 saturated carbocycles. The van der Waals surface area contributed by atoms with E-state index >= 15 is 0 Å². The maximum absolute atomic E-state index is 13.6. The first-order chi connectivity index (χ1) is 13.9. The lowest BCUT2D eigenvalue weighted by Crippen LogP contribution is -2.49. The second-order valence-corrected chi connectivity index (χ2v) is 11.8. The van der Waals surface area contributed by atoms with Gasteiger partial charge >= 0.3 is 0 Å². The molecule has 1 aromatic rings. The zero-order chi connectivity index (χ0) is 22.3. The molecule has 1 atom stereocenters. The number of fused-ring (bicyclic) bond motifs is 1. The maximum Gasteiger partial charge on any atom is 0.245 e. The number of piperidine rings is 1. The second-order valence-electron chi connectivity index (χ2n) is 9.00. The number of rotatable bonds is 4. The number of hydrogen-bond donors (Lipinski definition) is 1. The van der Waals surface area contributed by atoms with Gasteiger partial charge in [-0.05, 0) is 57.7 Å². The summed E-state index contributed by atoms with van der Waals surface area (Å²) < 4.78 is 29.4. The van der Waals surface area contributed by atoms with Crippen molar-refractivity contribution >= 4 is 43.5 Å². The Morgan fingerprint density at radius 1 is 1.23 bits per heavy atom. The van der Waals surface area contributed by atoms with Crippen LogP contribution in [0.25, 0.3) is 0 Å². The van der Waals surface area contributed by atoms with Crippen LogP contribution in [0.15, 0.2) is 21.5 Å². The van der Waals surface area contributed by atoms with Gasteiger partial charge in [0.2, 0.25) is 21.8 Å². The summed E-state index contributed by atoms with van der Waals surface area (Å²) in [7, 11) is -3.87. The minimum Gasteiger partial charge on any atom is -0.351 e. The number of halogens is 1. The minimum atomic E-state index is -3.87. The molecule has 0 bridgehead atoms. The molecule has 1 fully saturated rings. The Bertz CT molecular complexity index is 956. The largest absolute Gasteiger partial charge is 0.351 e. The lowest BCUT2D eigenvalue weighted by molar-refractivity contribution is -0.127. The fourth-order valence-electron chi connectivity index (χ4n) is 4.09. The van der Waals surface area contributed by atoms with Gasteiger partial charge in [0.05, 0.1) is 11.6 Å². The molecule has 9 heteroatoms. The molecule has 2 aliphatic heterocycles. The Balaban J connectivity index is 1.94. The fourth-order valence-corrected chi connectivity index (χ4v) is 6.53. The number of nitrogens with zero attached hydrogens (tertiary/aromatic N) is 2. The number of nitrogens with one attached hydrogen (secondary N) is 1. The summed E-state index contributed by atoms with van der Waals surface area (Å²) in [5, 5.41) is 2.96. The highest BCUT2D eigenvalue weighted by Crippen LogP contribution is 2.39. The monoisotopic (exact) mass is 499 g/mol. The van der Waals surface area contributed by atoms with E-state index in [4.69, 9.17) is 0 Å². The summed E-state index contributed by atoms with van der Waals surface area (Å²) in [4.78, 5) is 26.8. The van der Waals surface area contributed by atoms with Gasteiger partial charge in [-0.1, -0.05) is 22.9 Å². The topological polar surface area (TPSA) is 86.8 Å². The molecule has 0 aliphatic carbocycles. The van der Waals surface area contributed by atoms with E-state index in [1.54, 1.807) is 17.9 Å². The van der Waals surface area contributed by atoms with E-state index in [0.717, 1.165) is 5.56 Å². The highest BCUT2D eigenvalue weighted by Gasteiger charge is 2.38. The molecule has 1 N–H and O–H groups in total. The van der Waals surface area contributed by atoms with E-state index < -0.39 is 10.0 Å². The van der Waals surface area contributed by atoms with E-state index in [1.165, 1.54) is 4.31 Å². The lowest BCUT2D eigenvalue weighted by atomic mass is 9.97. The highest BCUT2D eigenvalue weighted by molar-refractivity contribution is 9.10. The van der Waals surface area contributed by atoms with Crippen LogP contribution < -0.4 is 10.2 Å². The Morgan fingerprint density at radius 3 is 2.57 bits per heavy atom. The van der Waals surface area contributed by atoms with Crippen LogP contribution in [0.3, 0.4) is 0 Å². The van der Waals surface area contributed by atoms with Crippen molar-refractivity contribution < 1.29 is 18.0 Å². The standard InChI is InChI=1S/C21H30BrN3O4S/c1-5-18(26)25-10-8-14-11-16(22)12-17(19(14)25)30(28,29)24-9-6-7-15(13-24)20(27)23-21(2,3)4/h11-12,15H,5-10,13H2,1-4H3,(H,23,27)/t15-/m1/s1. The van der Waals surface area contributed by atoms with Crippen molar-refractivity contribution in [3.63, 3.8) is 0 Å². The number of benzene rings is 1. The molecule has 1 saturated heterocycles. The first-order valence-electron chi connectivity index (χ1n) is 10.4. The van der Waals surface area contributed by atoms with Crippen LogP contribution in [-0.2, 0) is 26.0 Å². The molecule has 2 amide bonds. The number of amides is 2. The Kier molecular flexibility index (Phi) is 6.65. The molecule has 7 nitrogen and oxygen atoms in total. The van der Waals surface area contributed by atoms with Crippen molar-refractivity contribution in [2.45, 2.75) is 63.8 Å². The average Bonchev–Trinajstić information content (AvgIpc) is 3.09. The normalized spacial score (nSPS) is 20.2. The first-order valence-corrected chi connectivity index (χ1v) is 12.6. The number of sulfonamides is 1. The molecule has 0 spiro atoms. The van der Waals surface area contributed by atoms with Gasteiger partial charge in [-0.3, -0.25) is 9.59 Å². The summed E-state index contributed by atoms with van der Waals surface area (Å²) in [6, 6.07) is 3.46. The lowest BCUT2D eigenvalue weighted by Gasteiger charge is -2.33. The van der Waals surface area contributed by atoms with Crippen LogP contribution in [0.5, 0.6) is 0 Å². The molecule has 0 aromatic heterocycles. The van der Waals surface area contributed by atoms with Crippen LogP contribution in [0.1, 0.15) is 52.5 Å². The fraction of sp³-hybridized carbons (Fsp3) is 0.619. The summed E-state index contributed by atoms with van der Waals surface area (Å²) in [5.41, 5.74) is 0.972. The molecule has 2 heterocycles. The van der Waals surface area contributed by atoms with Gasteiger partial charge in [0.15, 0.2) is 0 Å². The zero-order valence-corrected chi connectivity index (χ0v) is 20.4. The summed E-state index contributed by atoms with van der Waals surface area (Å²) in [6.45, 7) is 8.50. The third-order valence-corrected chi connectivity index (χ3v) is 7.80. The Labute approximate surface area is 187 Å². The average molecular weight is 500 g/mol. The number of carbonyl (C=O) groups is 2. The second kappa shape index (κ2) is 8.59. The molecule has 1 aromatic carbocycles. The predicted molar refractivity (Wildman–Crippen MR) is 120 cm³/mol. The van der Waals surface area contributed by atoms with E-state index in [2.05, 4.69) is 21.2 Å². The molecule has 3 rings (SSSR count). The number of hydrogen-bond acceptors (Lipinski definition) is 4. The molecular formula is C21H30BrN3O4S. The highest BCUT2D eigenvalue weighted by atomic mass is 79.9. The molecule has 0 radical (unpaired) electrons. The smallest absolute Gasteiger partial charge is 0.245 e. The van der Waals surface area contributed by atoms with Gasteiger partial charge in [-0.25, -0.2) is 8.42 Å². The zero-order valence-electron chi connectivity index (χ0n) is 18.0. The van der Waals surface area contributed by atoms with Gasteiger partial charge in [-0.2, -0.15) is 4.31 Å². The Morgan fingerprint density at radius 2 is 1.93 bits per heavy atom. The summed E-state index contributed by atoms with van der Waals surface area (Å²) in [5.74, 6) is -0.598. The van der Waals surface area contributed by atoms with Gasteiger partial charge in [0.1, 0.15) is 4.90 Å². The third kappa shape index (κ3) is 4.73. The SMILES string of the molecule is CCC(=O)N1CCc2cc(Br)cc(S(=O)(=O)N3CCC[C@@H](C(=O)NC(C)(C)C)C3)c21.